The van der Waals surface area contributed by atoms with Gasteiger partial charge in [-0.3, -0.25) is 9.78 Å². The maximum Gasteiger partial charge on any atom is 0.262 e. The Bertz CT molecular complexity index is 1420. The molecule has 0 radical (unpaired) electrons. The van der Waals surface area contributed by atoms with Gasteiger partial charge in [-0.05, 0) is 60.7 Å². The van der Waals surface area contributed by atoms with Gasteiger partial charge in [0.05, 0.1) is 5.69 Å². The Labute approximate surface area is 187 Å². The average Bonchev–Trinajstić information content (AvgIpc) is 3.28. The second-order valence-corrected chi connectivity index (χ2v) is 7.13. The highest BCUT2D eigenvalue weighted by Crippen LogP contribution is 2.23. The number of nitrogens with zero attached hydrogens (tertiary/aromatic N) is 5. The number of rotatable bonds is 6. The fraction of sp³-hybridized carbons (Fsp3) is 0.0417. The molecule has 9 heteroatoms. The Balaban J connectivity index is 1.34. The fourth-order valence-corrected chi connectivity index (χ4v) is 3.25. The third-order valence-corrected chi connectivity index (χ3v) is 4.81. The molecule has 0 saturated heterocycles. The SMILES string of the molecule is O=C(COc1ccc(F)cc1)Nc1cccc(-c2ccc3nnc(-c4cccnc4)n3n2)c1. The van der Waals surface area contributed by atoms with Gasteiger partial charge in [0.15, 0.2) is 18.1 Å². The van der Waals surface area contributed by atoms with Gasteiger partial charge in [0.25, 0.3) is 5.91 Å². The van der Waals surface area contributed by atoms with E-state index in [4.69, 9.17) is 4.74 Å². The van der Waals surface area contributed by atoms with Crippen molar-refractivity contribution < 1.29 is 13.9 Å². The number of hydrogen-bond donors (Lipinski definition) is 1. The standard InChI is InChI=1S/C24H17FN6O2/c25-18-6-8-20(9-7-18)33-15-23(32)27-19-5-1-3-16(13-19)21-10-11-22-28-29-24(31(22)30-21)17-4-2-12-26-14-17/h1-14H,15H2,(H,27,32). The van der Waals surface area contributed by atoms with Crippen LogP contribution in [0, 0.1) is 5.82 Å². The van der Waals surface area contributed by atoms with Gasteiger partial charge in [-0.1, -0.05) is 12.1 Å². The summed E-state index contributed by atoms with van der Waals surface area (Å²) in [6.45, 7) is -0.199. The number of halogens is 1. The largest absolute Gasteiger partial charge is 0.484 e. The molecule has 3 heterocycles. The number of nitrogens with one attached hydrogen (secondary N) is 1. The summed E-state index contributed by atoms with van der Waals surface area (Å²) in [7, 11) is 0. The molecule has 3 aromatic heterocycles. The van der Waals surface area contributed by atoms with Crippen molar-refractivity contribution in [3.05, 3.63) is 91.0 Å². The highest BCUT2D eigenvalue weighted by molar-refractivity contribution is 5.92. The number of anilines is 1. The Kier molecular flexibility index (Phi) is 5.42. The first-order chi connectivity index (χ1) is 16.2. The van der Waals surface area contributed by atoms with Crippen LogP contribution in [0.25, 0.3) is 28.3 Å². The van der Waals surface area contributed by atoms with Crippen LogP contribution in [0.15, 0.2) is 85.2 Å². The van der Waals surface area contributed by atoms with E-state index in [1.807, 2.05) is 42.5 Å². The van der Waals surface area contributed by atoms with Crippen molar-refractivity contribution in [2.24, 2.45) is 0 Å². The number of carbonyl (C=O) groups excluding carboxylic acids is 1. The van der Waals surface area contributed by atoms with E-state index in [9.17, 15) is 9.18 Å². The summed E-state index contributed by atoms with van der Waals surface area (Å²) in [6.07, 6.45) is 3.39. The van der Waals surface area contributed by atoms with E-state index in [1.165, 1.54) is 24.3 Å². The molecule has 1 N–H and O–H groups in total. The van der Waals surface area contributed by atoms with Gasteiger partial charge in [0, 0.05) is 29.2 Å². The highest BCUT2D eigenvalue weighted by atomic mass is 19.1. The maximum atomic E-state index is 13.0. The Morgan fingerprint density at radius 1 is 0.970 bits per heavy atom. The van der Waals surface area contributed by atoms with Gasteiger partial charge in [-0.2, -0.15) is 9.61 Å². The molecule has 0 bridgehead atoms. The number of aromatic nitrogens is 5. The normalized spacial score (nSPS) is 10.8. The van der Waals surface area contributed by atoms with Crippen LogP contribution in [0.2, 0.25) is 0 Å². The molecule has 162 valence electrons. The van der Waals surface area contributed by atoms with Crippen molar-refractivity contribution in [1.82, 2.24) is 24.8 Å². The molecule has 0 atom stereocenters. The highest BCUT2D eigenvalue weighted by Gasteiger charge is 2.12. The summed E-state index contributed by atoms with van der Waals surface area (Å²) < 4.78 is 20.0. The van der Waals surface area contributed by atoms with Gasteiger partial charge < -0.3 is 10.1 Å². The van der Waals surface area contributed by atoms with Crippen LogP contribution in [0.3, 0.4) is 0 Å². The average molecular weight is 440 g/mol. The van der Waals surface area contributed by atoms with Crippen LogP contribution in [0.4, 0.5) is 10.1 Å². The van der Waals surface area contributed by atoms with Gasteiger partial charge in [0.2, 0.25) is 0 Å². The molecule has 0 aliphatic heterocycles. The van der Waals surface area contributed by atoms with Crippen molar-refractivity contribution in [2.75, 3.05) is 11.9 Å². The quantitative estimate of drug-likeness (QED) is 0.429. The van der Waals surface area contributed by atoms with E-state index < -0.39 is 0 Å². The van der Waals surface area contributed by atoms with E-state index in [0.717, 1.165) is 11.1 Å². The fourth-order valence-electron chi connectivity index (χ4n) is 3.25. The van der Waals surface area contributed by atoms with Crippen LogP contribution in [0.5, 0.6) is 5.75 Å². The molecule has 33 heavy (non-hydrogen) atoms. The lowest BCUT2D eigenvalue weighted by atomic mass is 10.1. The summed E-state index contributed by atoms with van der Waals surface area (Å²) in [5.41, 5.74) is 3.50. The zero-order valence-corrected chi connectivity index (χ0v) is 17.2. The van der Waals surface area contributed by atoms with Gasteiger partial charge in [0.1, 0.15) is 11.6 Å². The number of ether oxygens (including phenoxy) is 1. The zero-order valence-electron chi connectivity index (χ0n) is 17.2. The molecule has 0 aliphatic rings. The second kappa shape index (κ2) is 8.83. The van der Waals surface area contributed by atoms with Gasteiger partial charge >= 0.3 is 0 Å². The number of amides is 1. The molecular formula is C24H17FN6O2. The lowest BCUT2D eigenvalue weighted by Crippen LogP contribution is -2.20. The van der Waals surface area contributed by atoms with E-state index in [2.05, 4.69) is 25.6 Å². The molecule has 2 aromatic carbocycles. The molecule has 5 rings (SSSR count). The van der Waals surface area contributed by atoms with Crippen molar-refractivity contribution in [3.8, 4) is 28.4 Å². The molecule has 0 spiro atoms. The van der Waals surface area contributed by atoms with E-state index >= 15 is 0 Å². The molecule has 0 saturated carbocycles. The minimum Gasteiger partial charge on any atom is -0.484 e. The zero-order chi connectivity index (χ0) is 22.6. The predicted octanol–water partition coefficient (Wildman–Crippen LogP) is 4.01. The van der Waals surface area contributed by atoms with Crippen molar-refractivity contribution in [2.45, 2.75) is 0 Å². The summed E-state index contributed by atoms with van der Waals surface area (Å²) >= 11 is 0. The van der Waals surface area contributed by atoms with Crippen LogP contribution in [-0.2, 0) is 4.79 Å². The van der Waals surface area contributed by atoms with E-state index in [1.54, 1.807) is 23.0 Å². The minimum atomic E-state index is -0.366. The van der Waals surface area contributed by atoms with E-state index in [-0.39, 0.29) is 18.3 Å². The summed E-state index contributed by atoms with van der Waals surface area (Å²) in [5, 5.41) is 15.9. The van der Waals surface area contributed by atoms with Crippen molar-refractivity contribution in [3.63, 3.8) is 0 Å². The minimum absolute atomic E-state index is 0.199. The van der Waals surface area contributed by atoms with Crippen LogP contribution in [0.1, 0.15) is 0 Å². The van der Waals surface area contributed by atoms with Gasteiger partial charge in [-0.25, -0.2) is 4.39 Å². The Morgan fingerprint density at radius 2 is 1.82 bits per heavy atom. The number of fused-ring (bicyclic) bond motifs is 1. The first-order valence-electron chi connectivity index (χ1n) is 10.1. The van der Waals surface area contributed by atoms with Crippen molar-refractivity contribution >= 4 is 17.2 Å². The van der Waals surface area contributed by atoms with E-state index in [0.29, 0.717) is 28.6 Å². The molecule has 0 fully saturated rings. The predicted molar refractivity (Wildman–Crippen MR) is 120 cm³/mol. The van der Waals surface area contributed by atoms with Crippen LogP contribution in [-0.4, -0.2) is 37.3 Å². The van der Waals surface area contributed by atoms with Crippen LogP contribution >= 0.6 is 0 Å². The monoisotopic (exact) mass is 440 g/mol. The number of hydrogen-bond acceptors (Lipinski definition) is 6. The third kappa shape index (κ3) is 4.52. The molecule has 5 aromatic rings. The molecule has 1 amide bonds. The lowest BCUT2D eigenvalue weighted by Gasteiger charge is -2.09. The Morgan fingerprint density at radius 3 is 2.64 bits per heavy atom. The molecule has 8 nitrogen and oxygen atoms in total. The molecule has 0 unspecified atom stereocenters. The third-order valence-electron chi connectivity index (χ3n) is 4.81. The van der Waals surface area contributed by atoms with Crippen molar-refractivity contribution in [1.29, 1.82) is 0 Å². The number of carbonyl (C=O) groups is 1. The summed E-state index contributed by atoms with van der Waals surface area (Å²) in [4.78, 5) is 16.4. The lowest BCUT2D eigenvalue weighted by molar-refractivity contribution is -0.118. The number of pyridine rings is 1. The first-order valence-corrected chi connectivity index (χ1v) is 10.1. The van der Waals surface area contributed by atoms with Gasteiger partial charge in [-0.15, -0.1) is 10.2 Å². The van der Waals surface area contributed by atoms with Crippen LogP contribution < -0.4 is 10.1 Å². The maximum absolute atomic E-state index is 13.0. The number of benzene rings is 2. The summed E-state index contributed by atoms with van der Waals surface area (Å²) in [6, 6.07) is 20.2. The first kappa shape index (κ1) is 20.3. The molecular weight excluding hydrogens is 423 g/mol. The molecule has 0 aliphatic carbocycles. The second-order valence-electron chi connectivity index (χ2n) is 7.13. The topological polar surface area (TPSA) is 94.3 Å². The summed E-state index contributed by atoms with van der Waals surface area (Å²) in [5.74, 6) is 0.297. The Hall–Kier alpha value is -4.66. The smallest absolute Gasteiger partial charge is 0.262 e.